The van der Waals surface area contributed by atoms with E-state index < -0.39 is 0 Å². The van der Waals surface area contributed by atoms with Crippen LogP contribution in [0.4, 0.5) is 0 Å². The van der Waals surface area contributed by atoms with Gasteiger partial charge in [0.25, 0.3) is 0 Å². The molecule has 1 aliphatic rings. The van der Waals surface area contributed by atoms with E-state index in [1.54, 1.807) is 14.2 Å². The Kier molecular flexibility index (Phi) is 5.60. The molecular formula is C16H22Br2O3. The van der Waals surface area contributed by atoms with Gasteiger partial charge in [0.1, 0.15) is 16.0 Å². The van der Waals surface area contributed by atoms with E-state index in [0.717, 1.165) is 21.5 Å². The van der Waals surface area contributed by atoms with Crippen LogP contribution in [-0.4, -0.2) is 26.4 Å². The molecule has 1 heterocycles. The monoisotopic (exact) mass is 420 g/mol. The van der Waals surface area contributed by atoms with Crippen LogP contribution in [0.2, 0.25) is 0 Å². The van der Waals surface area contributed by atoms with Crippen molar-refractivity contribution in [1.29, 1.82) is 0 Å². The summed E-state index contributed by atoms with van der Waals surface area (Å²) >= 11 is 7.44. The van der Waals surface area contributed by atoms with Crippen LogP contribution in [0.15, 0.2) is 16.6 Å². The van der Waals surface area contributed by atoms with Crippen LogP contribution in [0, 0.1) is 11.8 Å². The minimum atomic E-state index is 0.171. The molecule has 118 valence electrons. The lowest BCUT2D eigenvalue weighted by Gasteiger charge is -2.26. The van der Waals surface area contributed by atoms with E-state index in [0.29, 0.717) is 11.8 Å². The number of hydrogen-bond donors (Lipinski definition) is 0. The summed E-state index contributed by atoms with van der Waals surface area (Å²) in [7, 11) is 3.34. The highest BCUT2D eigenvalue weighted by molar-refractivity contribution is 9.10. The topological polar surface area (TPSA) is 27.7 Å². The number of alkyl halides is 1. The summed E-state index contributed by atoms with van der Waals surface area (Å²) in [5.41, 5.74) is 1.12. The standard InChI is InChI=1S/C16H22Br2O3/c1-8-9(2)21-10(3)13(8)14(17)11-6-7-12(19-4)15(18)16(11)20-5/h6-10,13-14H,1-5H3. The lowest BCUT2D eigenvalue weighted by molar-refractivity contribution is 0.0510. The molecule has 0 N–H and O–H groups in total. The van der Waals surface area contributed by atoms with Crippen molar-refractivity contribution in [2.45, 2.75) is 37.8 Å². The van der Waals surface area contributed by atoms with Crippen molar-refractivity contribution in [2.24, 2.45) is 11.8 Å². The smallest absolute Gasteiger partial charge is 0.141 e. The molecule has 5 unspecified atom stereocenters. The Morgan fingerprint density at radius 2 is 1.76 bits per heavy atom. The fourth-order valence-corrected chi connectivity index (χ4v) is 5.10. The molecule has 1 aromatic carbocycles. The van der Waals surface area contributed by atoms with Gasteiger partial charge >= 0.3 is 0 Å². The molecule has 21 heavy (non-hydrogen) atoms. The summed E-state index contributed by atoms with van der Waals surface area (Å²) in [6, 6.07) is 4.02. The fourth-order valence-electron chi connectivity index (χ4n) is 3.14. The van der Waals surface area contributed by atoms with Crippen molar-refractivity contribution < 1.29 is 14.2 Å². The zero-order valence-corrected chi connectivity index (χ0v) is 16.2. The molecule has 0 radical (unpaired) electrons. The van der Waals surface area contributed by atoms with Gasteiger partial charge in [0.2, 0.25) is 0 Å². The molecule has 1 saturated heterocycles. The van der Waals surface area contributed by atoms with Crippen LogP contribution in [-0.2, 0) is 4.74 Å². The van der Waals surface area contributed by atoms with Gasteiger partial charge in [-0.05, 0) is 41.8 Å². The third kappa shape index (κ3) is 3.10. The van der Waals surface area contributed by atoms with Crippen LogP contribution < -0.4 is 9.47 Å². The SMILES string of the molecule is COc1ccc(C(Br)C2C(C)OC(C)C2C)c(OC)c1Br. The van der Waals surface area contributed by atoms with Gasteiger partial charge in [-0.2, -0.15) is 0 Å². The molecule has 1 aliphatic heterocycles. The number of methoxy groups -OCH3 is 2. The van der Waals surface area contributed by atoms with Gasteiger partial charge in [-0.3, -0.25) is 0 Å². The lowest BCUT2D eigenvalue weighted by Crippen LogP contribution is -2.22. The number of halogens is 2. The Morgan fingerprint density at radius 3 is 2.24 bits per heavy atom. The predicted molar refractivity (Wildman–Crippen MR) is 91.6 cm³/mol. The van der Waals surface area contributed by atoms with Gasteiger partial charge in [-0.25, -0.2) is 0 Å². The first kappa shape index (κ1) is 17.1. The molecule has 1 fully saturated rings. The van der Waals surface area contributed by atoms with Gasteiger partial charge in [0, 0.05) is 16.3 Å². The van der Waals surface area contributed by atoms with Crippen molar-refractivity contribution in [3.8, 4) is 11.5 Å². The van der Waals surface area contributed by atoms with Crippen molar-refractivity contribution >= 4 is 31.9 Å². The van der Waals surface area contributed by atoms with Crippen molar-refractivity contribution in [3.63, 3.8) is 0 Å². The quantitative estimate of drug-likeness (QED) is 0.643. The summed E-state index contributed by atoms with van der Waals surface area (Å²) in [5.74, 6) is 2.46. The molecule has 1 aromatic rings. The van der Waals surface area contributed by atoms with Gasteiger partial charge < -0.3 is 14.2 Å². The molecule has 5 heteroatoms. The fraction of sp³-hybridized carbons (Fsp3) is 0.625. The molecule has 5 atom stereocenters. The second kappa shape index (κ2) is 6.88. The molecule has 0 aliphatic carbocycles. The van der Waals surface area contributed by atoms with E-state index in [2.05, 4.69) is 58.7 Å². The zero-order valence-electron chi connectivity index (χ0n) is 13.0. The van der Waals surface area contributed by atoms with Crippen molar-refractivity contribution in [3.05, 3.63) is 22.2 Å². The zero-order chi connectivity index (χ0) is 15.7. The van der Waals surface area contributed by atoms with Crippen LogP contribution in [0.1, 0.15) is 31.2 Å². The van der Waals surface area contributed by atoms with E-state index in [1.165, 1.54) is 0 Å². The first-order valence-corrected chi connectivity index (χ1v) is 8.83. The molecule has 0 aromatic heterocycles. The molecule has 0 spiro atoms. The third-order valence-corrected chi connectivity index (χ3v) is 6.32. The summed E-state index contributed by atoms with van der Waals surface area (Å²) in [4.78, 5) is 0.171. The third-order valence-electron chi connectivity index (χ3n) is 4.47. The molecule has 2 rings (SSSR count). The summed E-state index contributed by atoms with van der Waals surface area (Å²) < 4.78 is 17.8. The van der Waals surface area contributed by atoms with Crippen LogP contribution in [0.3, 0.4) is 0 Å². The average molecular weight is 422 g/mol. The number of ether oxygens (including phenoxy) is 3. The molecular weight excluding hydrogens is 400 g/mol. The summed E-state index contributed by atoms with van der Waals surface area (Å²) in [6.45, 7) is 6.53. The first-order valence-electron chi connectivity index (χ1n) is 7.12. The van der Waals surface area contributed by atoms with Crippen molar-refractivity contribution in [1.82, 2.24) is 0 Å². The maximum atomic E-state index is 5.97. The number of benzene rings is 1. The van der Waals surface area contributed by atoms with Gasteiger partial charge in [0.05, 0.1) is 26.4 Å². The number of rotatable bonds is 4. The highest BCUT2D eigenvalue weighted by Gasteiger charge is 2.42. The predicted octanol–water partition coefficient (Wildman–Crippen LogP) is 4.96. The Balaban J connectivity index is 2.39. The summed E-state index contributed by atoms with van der Waals surface area (Å²) in [5, 5.41) is 0. The van der Waals surface area contributed by atoms with E-state index in [1.807, 2.05) is 6.07 Å². The highest BCUT2D eigenvalue weighted by atomic mass is 79.9. The van der Waals surface area contributed by atoms with Gasteiger partial charge in [-0.1, -0.05) is 28.9 Å². The Hall–Kier alpha value is -0.260. The average Bonchev–Trinajstić information content (AvgIpc) is 2.71. The van der Waals surface area contributed by atoms with Crippen molar-refractivity contribution in [2.75, 3.05) is 14.2 Å². The van der Waals surface area contributed by atoms with Crippen LogP contribution >= 0.6 is 31.9 Å². The van der Waals surface area contributed by atoms with E-state index in [-0.39, 0.29) is 17.0 Å². The maximum absolute atomic E-state index is 5.97. The normalized spacial score (nSPS) is 30.2. The van der Waals surface area contributed by atoms with E-state index >= 15 is 0 Å². The van der Waals surface area contributed by atoms with Crippen LogP contribution in [0.5, 0.6) is 11.5 Å². The number of hydrogen-bond acceptors (Lipinski definition) is 3. The Labute approximate surface area is 143 Å². The van der Waals surface area contributed by atoms with Gasteiger partial charge in [0.15, 0.2) is 0 Å². The molecule has 3 nitrogen and oxygen atoms in total. The van der Waals surface area contributed by atoms with E-state index in [4.69, 9.17) is 14.2 Å². The largest absolute Gasteiger partial charge is 0.495 e. The first-order chi connectivity index (χ1) is 9.92. The maximum Gasteiger partial charge on any atom is 0.141 e. The second-order valence-electron chi connectivity index (χ2n) is 5.59. The molecule has 0 amide bonds. The highest BCUT2D eigenvalue weighted by Crippen LogP contribution is 2.50. The minimum Gasteiger partial charge on any atom is -0.495 e. The molecule has 0 saturated carbocycles. The molecule has 0 bridgehead atoms. The van der Waals surface area contributed by atoms with Crippen LogP contribution in [0.25, 0.3) is 0 Å². The van der Waals surface area contributed by atoms with Gasteiger partial charge in [-0.15, -0.1) is 0 Å². The Morgan fingerprint density at radius 1 is 1.10 bits per heavy atom. The minimum absolute atomic E-state index is 0.171. The Bertz CT molecular complexity index is 507. The van der Waals surface area contributed by atoms with E-state index in [9.17, 15) is 0 Å². The summed E-state index contributed by atoms with van der Waals surface area (Å²) in [6.07, 6.45) is 0.489. The lowest BCUT2D eigenvalue weighted by atomic mass is 9.84. The second-order valence-corrected chi connectivity index (χ2v) is 7.37.